The highest BCUT2D eigenvalue weighted by molar-refractivity contribution is 6.05. The summed E-state index contributed by atoms with van der Waals surface area (Å²) in [6, 6.07) is 13.4. The molecule has 0 spiro atoms. The standard InChI is InChI=1S/C21H22N2O5/c1-14(24)10-11-20(26)22-13-17-6-3-4-9-19(17)23-21(27)16-7-5-8-18(12-16)28-15(2)25/h3-9,12H,10-11,13H2,1-2H3,(H,22,26)(H,23,27). The lowest BCUT2D eigenvalue weighted by molar-refractivity contribution is -0.131. The average molecular weight is 382 g/mol. The Hall–Kier alpha value is -3.48. The Morgan fingerprint density at radius 3 is 2.39 bits per heavy atom. The summed E-state index contributed by atoms with van der Waals surface area (Å²) in [5, 5.41) is 5.53. The summed E-state index contributed by atoms with van der Waals surface area (Å²) in [6.07, 6.45) is 0.329. The molecular weight excluding hydrogens is 360 g/mol. The Balaban J connectivity index is 2.04. The first kappa shape index (κ1) is 20.8. The van der Waals surface area contributed by atoms with E-state index in [1.165, 1.54) is 19.9 Å². The van der Waals surface area contributed by atoms with Gasteiger partial charge in [-0.2, -0.15) is 0 Å². The van der Waals surface area contributed by atoms with Crippen LogP contribution in [0.15, 0.2) is 48.5 Å². The van der Waals surface area contributed by atoms with Gasteiger partial charge in [0.2, 0.25) is 5.91 Å². The number of nitrogens with one attached hydrogen (secondary N) is 2. The second kappa shape index (κ2) is 10.0. The van der Waals surface area contributed by atoms with Crippen LogP contribution in [0.25, 0.3) is 0 Å². The van der Waals surface area contributed by atoms with E-state index in [1.807, 2.05) is 0 Å². The molecule has 0 aliphatic carbocycles. The molecule has 28 heavy (non-hydrogen) atoms. The molecule has 2 amide bonds. The van der Waals surface area contributed by atoms with E-state index in [1.54, 1.807) is 42.5 Å². The molecule has 0 aliphatic rings. The zero-order valence-corrected chi connectivity index (χ0v) is 15.8. The lowest BCUT2D eigenvalue weighted by Gasteiger charge is -2.12. The van der Waals surface area contributed by atoms with Crippen LogP contribution in [0, 0.1) is 0 Å². The molecule has 0 heterocycles. The lowest BCUT2D eigenvalue weighted by Crippen LogP contribution is -2.24. The molecule has 2 rings (SSSR count). The number of anilines is 1. The maximum absolute atomic E-state index is 12.5. The van der Waals surface area contributed by atoms with Crippen LogP contribution in [0.4, 0.5) is 5.69 Å². The van der Waals surface area contributed by atoms with Crippen LogP contribution in [-0.4, -0.2) is 23.6 Å². The van der Waals surface area contributed by atoms with E-state index >= 15 is 0 Å². The molecule has 0 unspecified atom stereocenters. The summed E-state index contributed by atoms with van der Waals surface area (Å²) in [6.45, 7) is 2.95. The van der Waals surface area contributed by atoms with Crippen molar-refractivity contribution in [3.8, 4) is 5.75 Å². The quantitative estimate of drug-likeness (QED) is 0.540. The van der Waals surface area contributed by atoms with Gasteiger partial charge in [0.1, 0.15) is 11.5 Å². The number of Topliss-reactive ketones (excluding diaryl/α,β-unsaturated/α-hetero) is 1. The number of amides is 2. The van der Waals surface area contributed by atoms with E-state index < -0.39 is 5.97 Å². The molecule has 7 nitrogen and oxygen atoms in total. The molecule has 146 valence electrons. The maximum atomic E-state index is 12.5. The van der Waals surface area contributed by atoms with E-state index in [2.05, 4.69) is 10.6 Å². The van der Waals surface area contributed by atoms with Gasteiger partial charge in [-0.05, 0) is 36.8 Å². The summed E-state index contributed by atoms with van der Waals surface area (Å²) in [5.41, 5.74) is 1.61. The number of rotatable bonds is 8. The van der Waals surface area contributed by atoms with Gasteiger partial charge in [-0.3, -0.25) is 14.4 Å². The van der Waals surface area contributed by atoms with Crippen molar-refractivity contribution in [1.82, 2.24) is 5.32 Å². The number of para-hydroxylation sites is 1. The molecule has 7 heteroatoms. The van der Waals surface area contributed by atoms with Crippen molar-refractivity contribution in [2.24, 2.45) is 0 Å². The van der Waals surface area contributed by atoms with Crippen molar-refractivity contribution in [3.05, 3.63) is 59.7 Å². The number of esters is 1. The number of hydrogen-bond donors (Lipinski definition) is 2. The minimum atomic E-state index is -0.469. The van der Waals surface area contributed by atoms with Crippen LogP contribution in [0.5, 0.6) is 5.75 Å². The zero-order valence-electron chi connectivity index (χ0n) is 15.8. The van der Waals surface area contributed by atoms with Crippen molar-refractivity contribution in [3.63, 3.8) is 0 Å². The number of carbonyl (C=O) groups is 4. The zero-order chi connectivity index (χ0) is 20.5. The maximum Gasteiger partial charge on any atom is 0.308 e. The van der Waals surface area contributed by atoms with Gasteiger partial charge in [0.05, 0.1) is 0 Å². The molecule has 0 atom stereocenters. The van der Waals surface area contributed by atoms with Gasteiger partial charge in [0.15, 0.2) is 0 Å². The number of benzene rings is 2. The number of ketones is 1. The summed E-state index contributed by atoms with van der Waals surface area (Å²) < 4.78 is 4.99. The summed E-state index contributed by atoms with van der Waals surface area (Å²) in [4.78, 5) is 46.4. The van der Waals surface area contributed by atoms with Crippen LogP contribution < -0.4 is 15.4 Å². The third-order valence-corrected chi connectivity index (χ3v) is 3.80. The van der Waals surface area contributed by atoms with Gasteiger partial charge in [0, 0.05) is 37.6 Å². The number of carbonyl (C=O) groups excluding carboxylic acids is 4. The Morgan fingerprint density at radius 2 is 1.68 bits per heavy atom. The Bertz CT molecular complexity index is 892. The van der Waals surface area contributed by atoms with Gasteiger partial charge < -0.3 is 20.2 Å². The molecule has 0 aromatic heterocycles. The predicted molar refractivity (Wildman–Crippen MR) is 104 cm³/mol. The van der Waals surface area contributed by atoms with Crippen molar-refractivity contribution in [1.29, 1.82) is 0 Å². The third kappa shape index (κ3) is 6.68. The summed E-state index contributed by atoms with van der Waals surface area (Å²) >= 11 is 0. The molecule has 0 saturated heterocycles. The van der Waals surface area contributed by atoms with Crippen molar-refractivity contribution < 1.29 is 23.9 Å². The van der Waals surface area contributed by atoms with E-state index in [-0.39, 0.29) is 42.7 Å². The highest BCUT2D eigenvalue weighted by Crippen LogP contribution is 2.18. The molecule has 0 saturated carbocycles. The van der Waals surface area contributed by atoms with Crippen LogP contribution in [0.2, 0.25) is 0 Å². The van der Waals surface area contributed by atoms with E-state index in [9.17, 15) is 19.2 Å². The lowest BCUT2D eigenvalue weighted by atomic mass is 10.1. The molecule has 2 N–H and O–H groups in total. The average Bonchev–Trinajstić information content (AvgIpc) is 2.65. The minimum Gasteiger partial charge on any atom is -0.427 e. The molecule has 0 fully saturated rings. The second-order valence-electron chi connectivity index (χ2n) is 6.21. The Morgan fingerprint density at radius 1 is 0.929 bits per heavy atom. The van der Waals surface area contributed by atoms with Gasteiger partial charge in [-0.25, -0.2) is 0 Å². The van der Waals surface area contributed by atoms with Crippen molar-refractivity contribution >= 4 is 29.3 Å². The molecule has 0 bridgehead atoms. The van der Waals surface area contributed by atoms with E-state index in [0.717, 1.165) is 5.56 Å². The van der Waals surface area contributed by atoms with Crippen LogP contribution in [-0.2, 0) is 20.9 Å². The fourth-order valence-electron chi connectivity index (χ4n) is 2.43. The summed E-state index contributed by atoms with van der Waals surface area (Å²) in [7, 11) is 0. The Labute approximate surface area is 163 Å². The fraction of sp³-hybridized carbons (Fsp3) is 0.238. The van der Waals surface area contributed by atoms with Gasteiger partial charge in [-0.15, -0.1) is 0 Å². The van der Waals surface area contributed by atoms with Gasteiger partial charge >= 0.3 is 5.97 Å². The van der Waals surface area contributed by atoms with Crippen LogP contribution in [0.1, 0.15) is 42.6 Å². The van der Waals surface area contributed by atoms with Crippen molar-refractivity contribution in [2.45, 2.75) is 33.2 Å². The minimum absolute atomic E-state index is 0.0428. The van der Waals surface area contributed by atoms with Gasteiger partial charge in [-0.1, -0.05) is 24.3 Å². The first-order valence-electron chi connectivity index (χ1n) is 8.79. The van der Waals surface area contributed by atoms with Crippen LogP contribution >= 0.6 is 0 Å². The van der Waals surface area contributed by atoms with E-state index in [4.69, 9.17) is 4.74 Å². The first-order chi connectivity index (χ1) is 13.3. The molecule has 0 radical (unpaired) electrons. The van der Waals surface area contributed by atoms with Gasteiger partial charge in [0.25, 0.3) is 5.91 Å². The van der Waals surface area contributed by atoms with Crippen molar-refractivity contribution in [2.75, 3.05) is 5.32 Å². The first-order valence-corrected chi connectivity index (χ1v) is 8.79. The second-order valence-corrected chi connectivity index (χ2v) is 6.21. The fourth-order valence-corrected chi connectivity index (χ4v) is 2.43. The summed E-state index contributed by atoms with van der Waals surface area (Å²) in [5.74, 6) is -0.830. The topological polar surface area (TPSA) is 102 Å². The Kier molecular flexibility index (Phi) is 7.45. The monoisotopic (exact) mass is 382 g/mol. The molecule has 0 aliphatic heterocycles. The smallest absolute Gasteiger partial charge is 0.308 e. The molecule has 2 aromatic carbocycles. The highest BCUT2D eigenvalue weighted by atomic mass is 16.5. The SMILES string of the molecule is CC(=O)CCC(=O)NCc1ccccc1NC(=O)c1cccc(OC(C)=O)c1. The van der Waals surface area contributed by atoms with Crippen LogP contribution in [0.3, 0.4) is 0 Å². The largest absolute Gasteiger partial charge is 0.427 e. The molecular formula is C21H22N2O5. The normalized spacial score (nSPS) is 10.1. The third-order valence-electron chi connectivity index (χ3n) is 3.80. The predicted octanol–water partition coefficient (Wildman–Crippen LogP) is 2.85. The number of hydrogen-bond acceptors (Lipinski definition) is 5. The van der Waals surface area contributed by atoms with E-state index in [0.29, 0.717) is 11.3 Å². The highest BCUT2D eigenvalue weighted by Gasteiger charge is 2.11. The number of ether oxygens (including phenoxy) is 1. The molecule has 2 aromatic rings.